The van der Waals surface area contributed by atoms with Crippen LogP contribution in [0.25, 0.3) is 11.1 Å². The number of aliphatic carboxylic acids is 1. The molecule has 1 saturated carbocycles. The van der Waals surface area contributed by atoms with Crippen molar-refractivity contribution in [2.24, 2.45) is 11.8 Å². The molecule has 0 aromatic heterocycles. The molecule has 33 heavy (non-hydrogen) atoms. The summed E-state index contributed by atoms with van der Waals surface area (Å²) < 4.78 is 5.52. The number of carboxylic acid groups (broad SMARTS) is 1. The summed E-state index contributed by atoms with van der Waals surface area (Å²) in [5.74, 6) is -1.55. The summed E-state index contributed by atoms with van der Waals surface area (Å²) in [4.78, 5) is 36.4. The Balaban J connectivity index is 1.30. The zero-order valence-electron chi connectivity index (χ0n) is 18.8. The zero-order valence-corrected chi connectivity index (χ0v) is 18.8. The van der Waals surface area contributed by atoms with E-state index < -0.39 is 24.0 Å². The van der Waals surface area contributed by atoms with Crippen LogP contribution in [0.5, 0.6) is 0 Å². The first-order valence-corrected chi connectivity index (χ1v) is 11.6. The monoisotopic (exact) mass is 450 g/mol. The Morgan fingerprint density at radius 2 is 1.64 bits per heavy atom. The molecule has 7 nitrogen and oxygen atoms in total. The van der Waals surface area contributed by atoms with Crippen molar-refractivity contribution in [2.45, 2.75) is 44.6 Å². The number of fused-ring (bicyclic) bond motifs is 3. The number of carboxylic acids is 1. The molecule has 174 valence electrons. The quantitative estimate of drug-likeness (QED) is 0.509. The lowest BCUT2D eigenvalue weighted by atomic mass is 9.98. The summed E-state index contributed by atoms with van der Waals surface area (Å²) in [7, 11) is 0. The number of carbonyl (C=O) groups is 3. The van der Waals surface area contributed by atoms with E-state index in [0.29, 0.717) is 18.8 Å². The fourth-order valence-electron chi connectivity index (χ4n) is 4.48. The van der Waals surface area contributed by atoms with Crippen molar-refractivity contribution >= 4 is 18.0 Å². The number of benzene rings is 2. The van der Waals surface area contributed by atoms with Gasteiger partial charge in [0.25, 0.3) is 0 Å². The molecule has 0 saturated heterocycles. The lowest BCUT2D eigenvalue weighted by molar-refractivity contribution is -0.142. The Labute approximate surface area is 193 Å². The molecule has 0 heterocycles. The molecule has 4 rings (SSSR count). The number of hydrogen-bond acceptors (Lipinski definition) is 4. The average Bonchev–Trinajstić information content (AvgIpc) is 3.58. The van der Waals surface area contributed by atoms with E-state index in [1.54, 1.807) is 0 Å². The minimum atomic E-state index is -1.02. The van der Waals surface area contributed by atoms with Gasteiger partial charge < -0.3 is 20.5 Å². The molecule has 2 aromatic carbocycles. The second-order valence-electron chi connectivity index (χ2n) is 8.89. The first kappa shape index (κ1) is 22.8. The van der Waals surface area contributed by atoms with Crippen LogP contribution in [0.4, 0.5) is 4.79 Å². The molecule has 3 N–H and O–H groups in total. The van der Waals surface area contributed by atoms with Crippen LogP contribution in [0, 0.1) is 11.8 Å². The molecule has 2 aromatic rings. The summed E-state index contributed by atoms with van der Waals surface area (Å²) >= 11 is 0. The third kappa shape index (κ3) is 5.35. The Morgan fingerprint density at radius 3 is 2.18 bits per heavy atom. The molecule has 2 aliphatic carbocycles. The van der Waals surface area contributed by atoms with Crippen molar-refractivity contribution in [1.29, 1.82) is 0 Å². The van der Waals surface area contributed by atoms with Gasteiger partial charge >= 0.3 is 12.1 Å². The lowest BCUT2D eigenvalue weighted by Crippen LogP contribution is -2.46. The molecular formula is C26H30N2O5. The average molecular weight is 451 g/mol. The molecule has 0 bridgehead atoms. The van der Waals surface area contributed by atoms with E-state index in [1.165, 1.54) is 0 Å². The van der Waals surface area contributed by atoms with Crippen LogP contribution in [-0.2, 0) is 14.3 Å². The first-order valence-electron chi connectivity index (χ1n) is 11.6. The van der Waals surface area contributed by atoms with Gasteiger partial charge in [0.1, 0.15) is 12.6 Å². The van der Waals surface area contributed by atoms with Crippen molar-refractivity contribution in [3.8, 4) is 11.1 Å². The highest BCUT2D eigenvalue weighted by Gasteiger charge is 2.32. The lowest BCUT2D eigenvalue weighted by Gasteiger charge is -2.20. The SMILES string of the molecule is CCC(CNC(=O)OCC1c2ccccc2-c2ccccc21)C(=O)N[C@@H](CC1CC1)C(=O)O. The van der Waals surface area contributed by atoms with Crippen LogP contribution < -0.4 is 10.6 Å². The van der Waals surface area contributed by atoms with Crippen molar-refractivity contribution in [3.05, 3.63) is 59.7 Å². The molecule has 0 radical (unpaired) electrons. The number of amides is 2. The largest absolute Gasteiger partial charge is 0.480 e. The van der Waals surface area contributed by atoms with Gasteiger partial charge in [0.05, 0.1) is 5.92 Å². The van der Waals surface area contributed by atoms with Crippen LogP contribution in [0.2, 0.25) is 0 Å². The van der Waals surface area contributed by atoms with Crippen LogP contribution in [0.1, 0.15) is 49.7 Å². The van der Waals surface area contributed by atoms with Gasteiger partial charge in [-0.15, -0.1) is 0 Å². The fourth-order valence-corrected chi connectivity index (χ4v) is 4.48. The number of rotatable bonds is 10. The second kappa shape index (κ2) is 10.1. The number of hydrogen-bond donors (Lipinski definition) is 3. The molecule has 7 heteroatoms. The van der Waals surface area contributed by atoms with Crippen molar-refractivity contribution in [1.82, 2.24) is 10.6 Å². The smallest absolute Gasteiger partial charge is 0.407 e. The van der Waals surface area contributed by atoms with Crippen molar-refractivity contribution in [3.63, 3.8) is 0 Å². The Kier molecular flexibility index (Phi) is 6.96. The third-order valence-corrected chi connectivity index (χ3v) is 6.58. The maximum absolute atomic E-state index is 12.6. The van der Waals surface area contributed by atoms with E-state index in [2.05, 4.69) is 34.9 Å². The highest BCUT2D eigenvalue weighted by atomic mass is 16.5. The Morgan fingerprint density at radius 1 is 1.03 bits per heavy atom. The number of alkyl carbamates (subject to hydrolysis) is 1. The van der Waals surface area contributed by atoms with Crippen LogP contribution in [0.15, 0.2) is 48.5 Å². The molecule has 2 atom stereocenters. The molecule has 2 aliphatic rings. The van der Waals surface area contributed by atoms with Crippen molar-refractivity contribution in [2.75, 3.05) is 13.2 Å². The van der Waals surface area contributed by atoms with E-state index in [1.807, 2.05) is 31.2 Å². The summed E-state index contributed by atoms with van der Waals surface area (Å²) in [6, 6.07) is 15.3. The van der Waals surface area contributed by atoms with E-state index in [0.717, 1.165) is 35.1 Å². The topological polar surface area (TPSA) is 105 Å². The van der Waals surface area contributed by atoms with Gasteiger partial charge in [0.2, 0.25) is 5.91 Å². The van der Waals surface area contributed by atoms with E-state index in [-0.39, 0.29) is 25.0 Å². The number of nitrogens with one attached hydrogen (secondary N) is 2. The second-order valence-corrected chi connectivity index (χ2v) is 8.89. The summed E-state index contributed by atoms with van der Waals surface area (Å²) in [5.41, 5.74) is 4.58. The molecule has 0 spiro atoms. The van der Waals surface area contributed by atoms with Gasteiger partial charge in [-0.2, -0.15) is 0 Å². The first-order chi connectivity index (χ1) is 16.0. The van der Waals surface area contributed by atoms with E-state index in [9.17, 15) is 19.5 Å². The third-order valence-electron chi connectivity index (χ3n) is 6.58. The summed E-state index contributed by atoms with van der Waals surface area (Å²) in [6.07, 6.45) is 2.37. The van der Waals surface area contributed by atoms with Gasteiger partial charge in [-0.1, -0.05) is 68.3 Å². The van der Waals surface area contributed by atoms with Crippen LogP contribution >= 0.6 is 0 Å². The Bertz CT molecular complexity index is 987. The summed E-state index contributed by atoms with van der Waals surface area (Å²) in [5, 5.41) is 14.7. The van der Waals surface area contributed by atoms with Gasteiger partial charge in [0.15, 0.2) is 0 Å². The van der Waals surface area contributed by atoms with E-state index >= 15 is 0 Å². The van der Waals surface area contributed by atoms with Crippen LogP contribution in [-0.4, -0.2) is 42.3 Å². The standard InChI is InChI=1S/C26H30N2O5/c1-2-17(24(29)28-23(25(30)31)13-16-11-12-16)14-27-26(32)33-15-22-20-9-5-3-7-18(20)19-8-4-6-10-21(19)22/h3-10,16-17,22-23H,2,11-15H2,1H3,(H,27,32)(H,28,29)(H,30,31)/t17?,23-/m0/s1. The fraction of sp³-hybridized carbons (Fsp3) is 0.423. The highest BCUT2D eigenvalue weighted by Crippen LogP contribution is 2.44. The molecule has 1 unspecified atom stereocenters. The van der Waals surface area contributed by atoms with E-state index in [4.69, 9.17) is 4.74 Å². The molecular weight excluding hydrogens is 420 g/mol. The van der Waals surface area contributed by atoms with Crippen LogP contribution in [0.3, 0.4) is 0 Å². The molecule has 1 fully saturated rings. The van der Waals surface area contributed by atoms with Gasteiger partial charge in [-0.05, 0) is 41.0 Å². The highest BCUT2D eigenvalue weighted by molar-refractivity contribution is 5.85. The normalized spacial score (nSPS) is 16.3. The molecule has 2 amide bonds. The van der Waals surface area contributed by atoms with Gasteiger partial charge in [-0.25, -0.2) is 9.59 Å². The minimum Gasteiger partial charge on any atom is -0.480 e. The van der Waals surface area contributed by atoms with Gasteiger partial charge in [0, 0.05) is 12.5 Å². The minimum absolute atomic E-state index is 0.0350. The number of ether oxygens (including phenoxy) is 1. The predicted molar refractivity (Wildman–Crippen MR) is 124 cm³/mol. The number of carbonyl (C=O) groups excluding carboxylic acids is 2. The van der Waals surface area contributed by atoms with Crippen molar-refractivity contribution < 1.29 is 24.2 Å². The maximum atomic E-state index is 12.6. The summed E-state index contributed by atoms with van der Waals surface area (Å²) in [6.45, 7) is 2.13. The molecule has 0 aliphatic heterocycles. The Hall–Kier alpha value is -3.35. The van der Waals surface area contributed by atoms with Gasteiger partial charge in [-0.3, -0.25) is 4.79 Å². The predicted octanol–water partition coefficient (Wildman–Crippen LogP) is 3.92. The zero-order chi connectivity index (χ0) is 23.4. The maximum Gasteiger partial charge on any atom is 0.407 e.